The van der Waals surface area contributed by atoms with Crippen LogP contribution in [0.2, 0.25) is 0 Å². The SMILES string of the molecule is CC1CN(C(=O)C2(C#N)CC3(CC3)C2)CCN1C(=O)c1cccc2c1ncn2C. The first-order valence-electron chi connectivity index (χ1n) is 10.3. The molecular weight excluding hydrogens is 366 g/mol. The lowest BCUT2D eigenvalue weighted by molar-refractivity contribution is -0.149. The molecule has 2 amide bonds. The number of amides is 2. The molecule has 7 nitrogen and oxygen atoms in total. The summed E-state index contributed by atoms with van der Waals surface area (Å²) in [5.41, 5.74) is 1.68. The van der Waals surface area contributed by atoms with Crippen molar-refractivity contribution in [2.75, 3.05) is 19.6 Å². The van der Waals surface area contributed by atoms with Gasteiger partial charge in [-0.3, -0.25) is 9.59 Å². The average Bonchev–Trinajstić information content (AvgIpc) is 3.41. The number of carbonyl (C=O) groups is 2. The first kappa shape index (κ1) is 18.2. The Kier molecular flexibility index (Phi) is 3.79. The smallest absolute Gasteiger partial charge is 0.256 e. The van der Waals surface area contributed by atoms with Gasteiger partial charge in [-0.2, -0.15) is 5.26 Å². The number of hydrogen-bond acceptors (Lipinski definition) is 4. The lowest BCUT2D eigenvalue weighted by atomic mass is 9.59. The first-order chi connectivity index (χ1) is 13.9. The van der Waals surface area contributed by atoms with Crippen LogP contribution in [0.3, 0.4) is 0 Å². The van der Waals surface area contributed by atoms with Gasteiger partial charge in [-0.1, -0.05) is 6.07 Å². The van der Waals surface area contributed by atoms with Gasteiger partial charge in [0.2, 0.25) is 5.91 Å². The zero-order valence-corrected chi connectivity index (χ0v) is 16.9. The van der Waals surface area contributed by atoms with Gasteiger partial charge in [0, 0.05) is 32.7 Å². The van der Waals surface area contributed by atoms with E-state index in [2.05, 4.69) is 11.1 Å². The van der Waals surface area contributed by atoms with Gasteiger partial charge in [0.05, 0.1) is 23.5 Å². The molecule has 0 radical (unpaired) electrons. The Morgan fingerprint density at radius 2 is 2.00 bits per heavy atom. The van der Waals surface area contributed by atoms with Crippen molar-refractivity contribution in [1.82, 2.24) is 19.4 Å². The van der Waals surface area contributed by atoms with Crippen LogP contribution < -0.4 is 0 Å². The molecular formula is C22H25N5O2. The van der Waals surface area contributed by atoms with Crippen LogP contribution in [0, 0.1) is 22.2 Å². The summed E-state index contributed by atoms with van der Waals surface area (Å²) in [5.74, 6) is -0.0900. The maximum Gasteiger partial charge on any atom is 0.256 e. The van der Waals surface area contributed by atoms with Gasteiger partial charge >= 0.3 is 0 Å². The zero-order chi connectivity index (χ0) is 20.4. The second-order valence-corrected chi connectivity index (χ2v) is 9.17. The van der Waals surface area contributed by atoms with Gasteiger partial charge in [0.1, 0.15) is 10.9 Å². The molecule has 2 heterocycles. The Balaban J connectivity index is 1.32. The number of rotatable bonds is 2. The monoisotopic (exact) mass is 391 g/mol. The Morgan fingerprint density at radius 3 is 2.66 bits per heavy atom. The highest BCUT2D eigenvalue weighted by Gasteiger charge is 2.65. The summed E-state index contributed by atoms with van der Waals surface area (Å²) in [5, 5.41) is 9.68. The van der Waals surface area contributed by atoms with Crippen LogP contribution in [0.4, 0.5) is 0 Å². The van der Waals surface area contributed by atoms with Crippen molar-refractivity contribution >= 4 is 22.8 Å². The third kappa shape index (κ3) is 2.65. The zero-order valence-electron chi connectivity index (χ0n) is 16.9. The highest BCUT2D eigenvalue weighted by molar-refractivity contribution is 6.05. The Labute approximate surface area is 169 Å². The summed E-state index contributed by atoms with van der Waals surface area (Å²) < 4.78 is 1.90. The summed E-state index contributed by atoms with van der Waals surface area (Å²) in [7, 11) is 1.91. The summed E-state index contributed by atoms with van der Waals surface area (Å²) in [6.45, 7) is 3.39. The van der Waals surface area contributed by atoms with Gasteiger partial charge in [0.25, 0.3) is 5.91 Å². The number of para-hydroxylation sites is 1. The number of benzene rings is 1. The molecule has 3 fully saturated rings. The van der Waals surface area contributed by atoms with E-state index < -0.39 is 5.41 Å². The lowest BCUT2D eigenvalue weighted by Gasteiger charge is -2.47. The number of fused-ring (bicyclic) bond motifs is 1. The third-order valence-corrected chi connectivity index (χ3v) is 7.09. The third-order valence-electron chi connectivity index (χ3n) is 7.09. The van der Waals surface area contributed by atoms with E-state index in [1.54, 1.807) is 11.2 Å². The molecule has 150 valence electrons. The van der Waals surface area contributed by atoms with Gasteiger partial charge in [-0.15, -0.1) is 0 Å². The number of carbonyl (C=O) groups excluding carboxylic acids is 2. The minimum atomic E-state index is -0.831. The molecule has 0 bridgehead atoms. The predicted octanol–water partition coefficient (Wildman–Crippen LogP) is 2.33. The van der Waals surface area contributed by atoms with E-state index in [0.29, 0.717) is 43.6 Å². The Bertz CT molecular complexity index is 1050. The fourth-order valence-corrected chi connectivity index (χ4v) is 5.27. The summed E-state index contributed by atoms with van der Waals surface area (Å²) in [4.78, 5) is 34.4. The molecule has 2 aromatic rings. The molecule has 1 spiro atoms. The average molecular weight is 391 g/mol. The number of hydrogen-bond donors (Lipinski definition) is 0. The van der Waals surface area contributed by atoms with E-state index in [0.717, 1.165) is 18.4 Å². The van der Waals surface area contributed by atoms with Crippen molar-refractivity contribution in [3.8, 4) is 6.07 Å². The van der Waals surface area contributed by atoms with Crippen molar-refractivity contribution in [2.24, 2.45) is 17.9 Å². The maximum atomic E-state index is 13.2. The van der Waals surface area contributed by atoms with Crippen molar-refractivity contribution in [1.29, 1.82) is 5.26 Å². The van der Waals surface area contributed by atoms with Gasteiger partial charge < -0.3 is 14.4 Å². The number of imidazole rings is 1. The summed E-state index contributed by atoms with van der Waals surface area (Å²) >= 11 is 0. The quantitative estimate of drug-likeness (QED) is 0.787. The molecule has 7 heteroatoms. The second-order valence-electron chi connectivity index (χ2n) is 9.17. The van der Waals surface area contributed by atoms with Crippen LogP contribution in [0.5, 0.6) is 0 Å². The molecule has 29 heavy (non-hydrogen) atoms. The van der Waals surface area contributed by atoms with E-state index in [9.17, 15) is 14.9 Å². The minimum Gasteiger partial charge on any atom is -0.337 e. The summed E-state index contributed by atoms with van der Waals surface area (Å²) in [6.07, 6.45) is 5.45. The number of piperazine rings is 1. The molecule has 2 saturated carbocycles. The van der Waals surface area contributed by atoms with E-state index in [1.807, 2.05) is 41.6 Å². The number of nitrogens with zero attached hydrogens (tertiary/aromatic N) is 5. The van der Waals surface area contributed by atoms with E-state index in [-0.39, 0.29) is 23.3 Å². The van der Waals surface area contributed by atoms with Crippen molar-refractivity contribution < 1.29 is 9.59 Å². The van der Waals surface area contributed by atoms with Crippen LogP contribution in [0.1, 0.15) is 43.0 Å². The molecule has 2 aliphatic carbocycles. The van der Waals surface area contributed by atoms with Crippen LogP contribution >= 0.6 is 0 Å². The minimum absolute atomic E-state index is 0.0386. The first-order valence-corrected chi connectivity index (χ1v) is 10.3. The highest BCUT2D eigenvalue weighted by Crippen LogP contribution is 2.68. The largest absolute Gasteiger partial charge is 0.337 e. The molecule has 1 aromatic carbocycles. The molecule has 1 aromatic heterocycles. The molecule has 0 N–H and O–H groups in total. The van der Waals surface area contributed by atoms with Gasteiger partial charge in [-0.05, 0) is 50.2 Å². The van der Waals surface area contributed by atoms with Crippen molar-refractivity contribution in [3.63, 3.8) is 0 Å². The second kappa shape index (κ2) is 6.06. The molecule has 1 atom stereocenters. The molecule has 3 aliphatic rings. The fourth-order valence-electron chi connectivity index (χ4n) is 5.27. The van der Waals surface area contributed by atoms with Gasteiger partial charge in [-0.25, -0.2) is 4.98 Å². The number of aryl methyl sites for hydroxylation is 1. The van der Waals surface area contributed by atoms with Gasteiger partial charge in [0.15, 0.2) is 0 Å². The normalized spacial score (nSPS) is 24.2. The molecule has 1 saturated heterocycles. The molecule has 1 aliphatic heterocycles. The number of aromatic nitrogens is 2. The Hall–Kier alpha value is -2.88. The lowest BCUT2D eigenvalue weighted by Crippen LogP contribution is -2.60. The van der Waals surface area contributed by atoms with Crippen LogP contribution in [0.15, 0.2) is 24.5 Å². The topological polar surface area (TPSA) is 82.2 Å². The van der Waals surface area contributed by atoms with Crippen LogP contribution in [-0.2, 0) is 11.8 Å². The van der Waals surface area contributed by atoms with E-state index >= 15 is 0 Å². The number of nitriles is 1. The molecule has 5 rings (SSSR count). The predicted molar refractivity (Wildman–Crippen MR) is 107 cm³/mol. The van der Waals surface area contributed by atoms with Crippen LogP contribution in [0.25, 0.3) is 11.0 Å². The standard InChI is InChI=1S/C22H25N5O2/c1-15-10-26(20(29)22(13-23)11-21(12-22)6-7-21)8-9-27(15)19(28)16-4-3-5-17-18(16)24-14-25(17)2/h3-5,14-15H,6-12H2,1-2H3. The Morgan fingerprint density at radius 1 is 1.24 bits per heavy atom. The van der Waals surface area contributed by atoms with Crippen molar-refractivity contribution in [3.05, 3.63) is 30.1 Å². The van der Waals surface area contributed by atoms with E-state index in [4.69, 9.17) is 0 Å². The fraction of sp³-hybridized carbons (Fsp3) is 0.545. The summed E-state index contributed by atoms with van der Waals surface area (Å²) in [6, 6.07) is 7.86. The van der Waals surface area contributed by atoms with Crippen LogP contribution in [-0.4, -0.2) is 56.8 Å². The van der Waals surface area contributed by atoms with E-state index in [1.165, 1.54) is 0 Å². The highest BCUT2D eigenvalue weighted by atomic mass is 16.2. The maximum absolute atomic E-state index is 13.2. The molecule has 1 unspecified atom stereocenters. The van der Waals surface area contributed by atoms with Crippen molar-refractivity contribution in [2.45, 2.75) is 38.6 Å².